The Morgan fingerprint density at radius 3 is 2.56 bits per heavy atom. The molecule has 7 heteroatoms. The van der Waals surface area contributed by atoms with Gasteiger partial charge in [-0.3, -0.25) is 4.79 Å². The summed E-state index contributed by atoms with van der Waals surface area (Å²) in [7, 11) is 0. The number of amides is 1. The SMILES string of the molecule is CCNC(=NCc1nc(C)c(C)o1)NCCNC(=O)CC1CCCC1. The molecule has 0 spiro atoms. The van der Waals surface area contributed by atoms with Gasteiger partial charge in [0.25, 0.3) is 0 Å². The van der Waals surface area contributed by atoms with Crippen LogP contribution in [0.4, 0.5) is 0 Å². The zero-order chi connectivity index (χ0) is 18.1. The number of aromatic nitrogens is 1. The second-order valence-electron chi connectivity index (χ2n) is 6.58. The maximum absolute atomic E-state index is 11.9. The second kappa shape index (κ2) is 10.1. The van der Waals surface area contributed by atoms with Crippen LogP contribution >= 0.6 is 0 Å². The van der Waals surface area contributed by atoms with Gasteiger partial charge in [0, 0.05) is 26.1 Å². The van der Waals surface area contributed by atoms with Gasteiger partial charge in [0.05, 0.1) is 5.69 Å². The molecule has 0 radical (unpaired) electrons. The summed E-state index contributed by atoms with van der Waals surface area (Å²) in [6.45, 7) is 8.21. The van der Waals surface area contributed by atoms with Crippen LogP contribution in [0.3, 0.4) is 0 Å². The molecule has 7 nitrogen and oxygen atoms in total. The average molecular weight is 349 g/mol. The van der Waals surface area contributed by atoms with Crippen molar-refractivity contribution in [3.8, 4) is 0 Å². The van der Waals surface area contributed by atoms with Gasteiger partial charge < -0.3 is 20.4 Å². The summed E-state index contributed by atoms with van der Waals surface area (Å²) in [5, 5.41) is 9.37. The first kappa shape index (κ1) is 19.3. The summed E-state index contributed by atoms with van der Waals surface area (Å²) in [6, 6.07) is 0. The van der Waals surface area contributed by atoms with Crippen LogP contribution in [0.5, 0.6) is 0 Å². The molecule has 25 heavy (non-hydrogen) atoms. The van der Waals surface area contributed by atoms with Crippen molar-refractivity contribution in [3.05, 3.63) is 17.3 Å². The lowest BCUT2D eigenvalue weighted by atomic mass is 10.0. The van der Waals surface area contributed by atoms with Crippen molar-refractivity contribution < 1.29 is 9.21 Å². The Morgan fingerprint density at radius 2 is 1.92 bits per heavy atom. The highest BCUT2D eigenvalue weighted by molar-refractivity contribution is 5.80. The maximum Gasteiger partial charge on any atom is 0.220 e. The van der Waals surface area contributed by atoms with Crippen molar-refractivity contribution in [2.24, 2.45) is 10.9 Å². The summed E-state index contributed by atoms with van der Waals surface area (Å²) in [4.78, 5) is 20.7. The number of hydrogen-bond donors (Lipinski definition) is 3. The van der Waals surface area contributed by atoms with E-state index in [0.717, 1.165) is 18.0 Å². The quantitative estimate of drug-likeness (QED) is 0.379. The zero-order valence-electron chi connectivity index (χ0n) is 15.7. The summed E-state index contributed by atoms with van der Waals surface area (Å²) in [5.74, 6) is 2.87. The van der Waals surface area contributed by atoms with Crippen molar-refractivity contribution in [3.63, 3.8) is 0 Å². The lowest BCUT2D eigenvalue weighted by Crippen LogP contribution is -2.41. The lowest BCUT2D eigenvalue weighted by molar-refractivity contribution is -0.121. The van der Waals surface area contributed by atoms with E-state index in [1.54, 1.807) is 0 Å². The normalized spacial score (nSPS) is 15.4. The monoisotopic (exact) mass is 349 g/mol. The molecule has 3 N–H and O–H groups in total. The molecule has 0 bridgehead atoms. The molecule has 1 aliphatic rings. The van der Waals surface area contributed by atoms with E-state index in [4.69, 9.17) is 4.42 Å². The molecule has 0 aliphatic heterocycles. The predicted molar refractivity (Wildman–Crippen MR) is 98.4 cm³/mol. The van der Waals surface area contributed by atoms with E-state index in [-0.39, 0.29) is 5.91 Å². The van der Waals surface area contributed by atoms with Gasteiger partial charge in [-0.2, -0.15) is 0 Å². The highest BCUT2D eigenvalue weighted by Crippen LogP contribution is 2.27. The first-order chi connectivity index (χ1) is 12.1. The number of oxazole rings is 1. The van der Waals surface area contributed by atoms with E-state index >= 15 is 0 Å². The Morgan fingerprint density at radius 1 is 1.20 bits per heavy atom. The topological polar surface area (TPSA) is 91.6 Å². The van der Waals surface area contributed by atoms with Gasteiger partial charge in [-0.25, -0.2) is 9.98 Å². The van der Waals surface area contributed by atoms with Gasteiger partial charge in [-0.1, -0.05) is 12.8 Å². The number of aryl methyl sites for hydroxylation is 2. The first-order valence-electron chi connectivity index (χ1n) is 9.30. The van der Waals surface area contributed by atoms with Crippen LogP contribution in [0.2, 0.25) is 0 Å². The van der Waals surface area contributed by atoms with Crippen LogP contribution in [0.25, 0.3) is 0 Å². The fraction of sp³-hybridized carbons (Fsp3) is 0.722. The predicted octanol–water partition coefficient (Wildman–Crippen LogP) is 2.04. The Bertz CT molecular complexity index is 557. The molecule has 0 unspecified atom stereocenters. The molecule has 1 aromatic rings. The average Bonchev–Trinajstić information content (AvgIpc) is 3.19. The standard InChI is InChI=1S/C18H31N5O2/c1-4-19-18(22-12-17-23-13(2)14(3)25-17)21-10-9-20-16(24)11-15-7-5-6-8-15/h15H,4-12H2,1-3H3,(H,20,24)(H2,19,21,22). The molecule has 0 aromatic carbocycles. The molecule has 1 aromatic heterocycles. The van der Waals surface area contributed by atoms with E-state index in [0.29, 0.717) is 43.8 Å². The zero-order valence-corrected chi connectivity index (χ0v) is 15.7. The molecule has 0 atom stereocenters. The number of rotatable bonds is 8. The number of aliphatic imine (C=N–C) groups is 1. The van der Waals surface area contributed by atoms with Crippen LogP contribution in [0.15, 0.2) is 9.41 Å². The molecular formula is C18H31N5O2. The third-order valence-electron chi connectivity index (χ3n) is 4.48. The molecule has 0 saturated heterocycles. The lowest BCUT2D eigenvalue weighted by Gasteiger charge is -2.12. The van der Waals surface area contributed by atoms with E-state index in [2.05, 4.69) is 25.9 Å². The molecule has 1 heterocycles. The van der Waals surface area contributed by atoms with Crippen molar-refractivity contribution in [2.75, 3.05) is 19.6 Å². The van der Waals surface area contributed by atoms with E-state index < -0.39 is 0 Å². The van der Waals surface area contributed by atoms with Crippen LogP contribution in [-0.2, 0) is 11.3 Å². The third-order valence-corrected chi connectivity index (χ3v) is 4.48. The highest BCUT2D eigenvalue weighted by atomic mass is 16.4. The summed E-state index contributed by atoms with van der Waals surface area (Å²) < 4.78 is 5.53. The van der Waals surface area contributed by atoms with Crippen molar-refractivity contribution in [2.45, 2.75) is 59.4 Å². The summed E-state index contributed by atoms with van der Waals surface area (Å²) >= 11 is 0. The molecule has 2 rings (SSSR count). The third kappa shape index (κ3) is 6.76. The van der Waals surface area contributed by atoms with Crippen LogP contribution in [0.1, 0.15) is 56.4 Å². The number of carbonyl (C=O) groups excluding carboxylic acids is 1. The van der Waals surface area contributed by atoms with E-state index in [1.165, 1.54) is 25.7 Å². The summed E-state index contributed by atoms with van der Waals surface area (Å²) in [5.41, 5.74) is 0.896. The van der Waals surface area contributed by atoms with E-state index in [9.17, 15) is 4.79 Å². The number of nitrogens with zero attached hydrogens (tertiary/aromatic N) is 2. The van der Waals surface area contributed by atoms with Gasteiger partial charge in [0.15, 0.2) is 5.96 Å². The van der Waals surface area contributed by atoms with Crippen LogP contribution in [0, 0.1) is 19.8 Å². The summed E-state index contributed by atoms with van der Waals surface area (Å²) in [6.07, 6.45) is 5.60. The molecule has 140 valence electrons. The highest BCUT2D eigenvalue weighted by Gasteiger charge is 2.17. The minimum Gasteiger partial charge on any atom is -0.444 e. The molecule has 1 saturated carbocycles. The van der Waals surface area contributed by atoms with Gasteiger partial charge >= 0.3 is 0 Å². The van der Waals surface area contributed by atoms with Gasteiger partial charge in [0.2, 0.25) is 11.8 Å². The Balaban J connectivity index is 1.69. The molecular weight excluding hydrogens is 318 g/mol. The van der Waals surface area contributed by atoms with Crippen LogP contribution in [-0.4, -0.2) is 36.5 Å². The fourth-order valence-electron chi connectivity index (χ4n) is 3.03. The first-order valence-corrected chi connectivity index (χ1v) is 9.30. The van der Waals surface area contributed by atoms with Gasteiger partial charge in [-0.15, -0.1) is 0 Å². The van der Waals surface area contributed by atoms with Crippen LogP contribution < -0.4 is 16.0 Å². The smallest absolute Gasteiger partial charge is 0.220 e. The molecule has 1 amide bonds. The number of guanidine groups is 1. The Hall–Kier alpha value is -2.05. The minimum atomic E-state index is 0.154. The second-order valence-corrected chi connectivity index (χ2v) is 6.58. The molecule has 1 fully saturated rings. The Kier molecular flexibility index (Phi) is 7.76. The van der Waals surface area contributed by atoms with Crippen molar-refractivity contribution in [1.29, 1.82) is 0 Å². The van der Waals surface area contributed by atoms with Crippen molar-refractivity contribution >= 4 is 11.9 Å². The minimum absolute atomic E-state index is 0.154. The maximum atomic E-state index is 11.9. The van der Waals surface area contributed by atoms with E-state index in [1.807, 2.05) is 20.8 Å². The number of carbonyl (C=O) groups is 1. The largest absolute Gasteiger partial charge is 0.444 e. The van der Waals surface area contributed by atoms with Crippen molar-refractivity contribution in [1.82, 2.24) is 20.9 Å². The number of nitrogens with one attached hydrogen (secondary N) is 3. The van der Waals surface area contributed by atoms with Gasteiger partial charge in [0.1, 0.15) is 12.3 Å². The fourth-order valence-corrected chi connectivity index (χ4v) is 3.03. The Labute approximate surface area is 150 Å². The molecule has 1 aliphatic carbocycles. The van der Waals surface area contributed by atoms with Gasteiger partial charge in [-0.05, 0) is 39.5 Å². The number of hydrogen-bond acceptors (Lipinski definition) is 4.